The molecule has 0 radical (unpaired) electrons. The van der Waals surface area contributed by atoms with E-state index in [1.165, 1.54) is 6.07 Å². The summed E-state index contributed by atoms with van der Waals surface area (Å²) in [6, 6.07) is 4.04. The van der Waals surface area contributed by atoms with Crippen LogP contribution in [-0.2, 0) is 6.42 Å². The van der Waals surface area contributed by atoms with Crippen LogP contribution in [0.1, 0.15) is 17.2 Å². The van der Waals surface area contributed by atoms with Crippen molar-refractivity contribution in [3.63, 3.8) is 0 Å². The van der Waals surface area contributed by atoms with Crippen LogP contribution >= 0.6 is 15.9 Å². The molecule has 2 aromatic rings. The van der Waals surface area contributed by atoms with Crippen molar-refractivity contribution in [2.45, 2.75) is 12.5 Å². The molecule has 1 unspecified atom stereocenters. The van der Waals surface area contributed by atoms with Crippen molar-refractivity contribution in [3.8, 4) is 0 Å². The van der Waals surface area contributed by atoms with Crippen LogP contribution in [0.5, 0.6) is 0 Å². The minimum Gasteiger partial charge on any atom is -0.324 e. The molecule has 0 saturated heterocycles. The van der Waals surface area contributed by atoms with Crippen LogP contribution in [0.25, 0.3) is 0 Å². The largest absolute Gasteiger partial charge is 0.324 e. The fourth-order valence-corrected chi connectivity index (χ4v) is 2.17. The minimum atomic E-state index is -0.933. The normalized spacial score (nSPS) is 12.5. The topological polar surface area (TPSA) is 26.0 Å². The molecule has 6 heteroatoms. The van der Waals surface area contributed by atoms with Crippen molar-refractivity contribution >= 4 is 15.9 Å². The van der Waals surface area contributed by atoms with Gasteiger partial charge in [0.25, 0.3) is 0 Å². The minimum absolute atomic E-state index is 0.0149. The van der Waals surface area contributed by atoms with Gasteiger partial charge in [-0.2, -0.15) is 0 Å². The highest BCUT2D eigenvalue weighted by molar-refractivity contribution is 9.10. The number of nitrogens with two attached hydrogens (primary N) is 1. The predicted molar refractivity (Wildman–Crippen MR) is 71.0 cm³/mol. The average molecular weight is 348 g/mol. The first-order chi connectivity index (χ1) is 9.38. The van der Waals surface area contributed by atoms with Crippen LogP contribution in [0.3, 0.4) is 0 Å². The predicted octanol–water partition coefficient (Wildman–Crippen LogP) is 4.25. The molecule has 2 aromatic carbocycles. The van der Waals surface area contributed by atoms with E-state index in [2.05, 4.69) is 15.9 Å². The van der Waals surface area contributed by atoms with Gasteiger partial charge in [0.2, 0.25) is 0 Å². The van der Waals surface area contributed by atoms with E-state index < -0.39 is 29.3 Å². The standard InChI is InChI=1S/C14H10BrF4N/c15-10-6-12(18)9(5-13(10)19)14(20)3-7-1-2-8(16)4-11(7)17/h1-2,4-6,14H,3,20H2. The van der Waals surface area contributed by atoms with Gasteiger partial charge in [-0.1, -0.05) is 6.07 Å². The number of hydrogen-bond acceptors (Lipinski definition) is 1. The molecule has 1 nitrogen and oxygen atoms in total. The Morgan fingerprint density at radius 1 is 0.950 bits per heavy atom. The Labute approximate surface area is 121 Å². The van der Waals surface area contributed by atoms with Crippen molar-refractivity contribution in [2.24, 2.45) is 5.73 Å². The Kier molecular flexibility index (Phi) is 4.45. The fraction of sp³-hybridized carbons (Fsp3) is 0.143. The van der Waals surface area contributed by atoms with Gasteiger partial charge in [0, 0.05) is 17.7 Å². The molecule has 0 aliphatic carbocycles. The highest BCUT2D eigenvalue weighted by Crippen LogP contribution is 2.26. The third-order valence-electron chi connectivity index (χ3n) is 2.89. The Hall–Kier alpha value is -1.40. The molecule has 0 aliphatic rings. The van der Waals surface area contributed by atoms with Crippen LogP contribution in [0.4, 0.5) is 17.6 Å². The van der Waals surface area contributed by atoms with Crippen LogP contribution < -0.4 is 5.73 Å². The summed E-state index contributed by atoms with van der Waals surface area (Å²) in [4.78, 5) is 0. The van der Waals surface area contributed by atoms with Crippen molar-refractivity contribution in [3.05, 3.63) is 69.2 Å². The van der Waals surface area contributed by atoms with E-state index >= 15 is 0 Å². The molecule has 1 atom stereocenters. The van der Waals surface area contributed by atoms with Crippen molar-refractivity contribution in [1.82, 2.24) is 0 Å². The smallest absolute Gasteiger partial charge is 0.137 e. The van der Waals surface area contributed by atoms with Gasteiger partial charge in [0.1, 0.15) is 23.3 Å². The second-order valence-corrected chi connectivity index (χ2v) is 5.19. The molecule has 2 N–H and O–H groups in total. The molecule has 0 spiro atoms. The van der Waals surface area contributed by atoms with Gasteiger partial charge in [-0.3, -0.25) is 0 Å². The maximum Gasteiger partial charge on any atom is 0.137 e. The summed E-state index contributed by atoms with van der Waals surface area (Å²) in [7, 11) is 0. The third kappa shape index (κ3) is 3.19. The van der Waals surface area contributed by atoms with E-state index in [1.54, 1.807) is 0 Å². The van der Waals surface area contributed by atoms with Gasteiger partial charge >= 0.3 is 0 Å². The molecule has 106 valence electrons. The SMILES string of the molecule is NC(Cc1ccc(F)cc1F)c1cc(F)c(Br)cc1F. The van der Waals surface area contributed by atoms with E-state index in [4.69, 9.17) is 5.73 Å². The van der Waals surface area contributed by atoms with Crippen molar-refractivity contribution in [2.75, 3.05) is 0 Å². The Morgan fingerprint density at radius 3 is 2.30 bits per heavy atom. The first-order valence-corrected chi connectivity index (χ1v) is 6.51. The lowest BCUT2D eigenvalue weighted by molar-refractivity contribution is 0.541. The molecular formula is C14H10BrF4N. The molecule has 0 fully saturated rings. The fourth-order valence-electron chi connectivity index (χ4n) is 1.86. The lowest BCUT2D eigenvalue weighted by atomic mass is 9.98. The van der Waals surface area contributed by atoms with E-state index in [1.807, 2.05) is 0 Å². The zero-order valence-corrected chi connectivity index (χ0v) is 11.7. The van der Waals surface area contributed by atoms with Crippen LogP contribution in [0.2, 0.25) is 0 Å². The number of halogens is 5. The first-order valence-electron chi connectivity index (χ1n) is 5.72. The first kappa shape index (κ1) is 15.0. The Morgan fingerprint density at radius 2 is 1.65 bits per heavy atom. The van der Waals surface area contributed by atoms with Gasteiger partial charge in [-0.25, -0.2) is 17.6 Å². The van der Waals surface area contributed by atoms with Crippen molar-refractivity contribution < 1.29 is 17.6 Å². The van der Waals surface area contributed by atoms with E-state index in [0.717, 1.165) is 24.3 Å². The average Bonchev–Trinajstić information content (AvgIpc) is 2.37. The highest BCUT2D eigenvalue weighted by atomic mass is 79.9. The molecule has 0 aromatic heterocycles. The summed E-state index contributed by atoms with van der Waals surface area (Å²) in [5.41, 5.74) is 5.85. The Balaban J connectivity index is 2.28. The second kappa shape index (κ2) is 5.93. The van der Waals surface area contributed by atoms with Crippen LogP contribution in [-0.4, -0.2) is 0 Å². The molecule has 2 rings (SSSR count). The summed E-state index contributed by atoms with van der Waals surface area (Å²) in [6.45, 7) is 0. The molecule has 0 amide bonds. The van der Waals surface area contributed by atoms with Crippen molar-refractivity contribution in [1.29, 1.82) is 0 Å². The van der Waals surface area contributed by atoms with Crippen LogP contribution in [0.15, 0.2) is 34.8 Å². The summed E-state index contributed by atoms with van der Waals surface area (Å²) in [5.74, 6) is -2.82. The number of hydrogen-bond donors (Lipinski definition) is 1. The number of rotatable bonds is 3. The molecule has 0 bridgehead atoms. The zero-order chi connectivity index (χ0) is 14.9. The van der Waals surface area contributed by atoms with Gasteiger partial charge in [-0.15, -0.1) is 0 Å². The highest BCUT2D eigenvalue weighted by Gasteiger charge is 2.17. The second-order valence-electron chi connectivity index (χ2n) is 4.33. The van der Waals surface area contributed by atoms with Gasteiger partial charge in [0.15, 0.2) is 0 Å². The molecule has 0 heterocycles. The zero-order valence-electron chi connectivity index (χ0n) is 10.1. The van der Waals surface area contributed by atoms with Gasteiger partial charge < -0.3 is 5.73 Å². The summed E-state index contributed by atoms with van der Waals surface area (Å²) in [5, 5.41) is 0. The molecular weight excluding hydrogens is 338 g/mol. The lowest BCUT2D eigenvalue weighted by Crippen LogP contribution is -2.16. The number of benzene rings is 2. The van der Waals surface area contributed by atoms with Crippen LogP contribution in [0, 0.1) is 23.3 Å². The maximum atomic E-state index is 13.7. The van der Waals surface area contributed by atoms with E-state index in [0.29, 0.717) is 0 Å². The summed E-state index contributed by atoms with van der Waals surface area (Å²) >= 11 is 2.86. The summed E-state index contributed by atoms with van der Waals surface area (Å²) < 4.78 is 53.4. The lowest BCUT2D eigenvalue weighted by Gasteiger charge is -2.14. The van der Waals surface area contributed by atoms with E-state index in [9.17, 15) is 17.6 Å². The molecule has 0 aliphatic heterocycles. The van der Waals surface area contributed by atoms with Gasteiger partial charge in [0.05, 0.1) is 4.47 Å². The monoisotopic (exact) mass is 347 g/mol. The molecule has 0 saturated carbocycles. The summed E-state index contributed by atoms with van der Waals surface area (Å²) in [6.07, 6.45) is -0.0654. The van der Waals surface area contributed by atoms with E-state index in [-0.39, 0.29) is 22.0 Å². The van der Waals surface area contributed by atoms with Gasteiger partial charge in [-0.05, 0) is 46.1 Å². The molecule has 20 heavy (non-hydrogen) atoms. The quantitative estimate of drug-likeness (QED) is 0.651. The Bertz CT molecular complexity index is 645. The third-order valence-corrected chi connectivity index (χ3v) is 3.50. The maximum absolute atomic E-state index is 13.7.